The molecule has 0 fully saturated rings. The maximum absolute atomic E-state index is 12.9. The summed E-state index contributed by atoms with van der Waals surface area (Å²) in [5, 5.41) is 13.0. The molecule has 1 amide bonds. The van der Waals surface area contributed by atoms with E-state index in [-0.39, 0.29) is 5.57 Å². The Morgan fingerprint density at radius 1 is 1.19 bits per heavy atom. The monoisotopic (exact) mass is 564 g/mol. The van der Waals surface area contributed by atoms with Crippen molar-refractivity contribution in [3.8, 4) is 17.6 Å². The molecule has 0 spiro atoms. The van der Waals surface area contributed by atoms with E-state index in [2.05, 4.69) is 27.8 Å². The van der Waals surface area contributed by atoms with Gasteiger partial charge in [0.05, 0.1) is 6.61 Å². The van der Waals surface area contributed by atoms with Crippen molar-refractivity contribution in [3.05, 3.63) is 105 Å². The van der Waals surface area contributed by atoms with Gasteiger partial charge in [0.25, 0.3) is 5.91 Å². The van der Waals surface area contributed by atoms with Crippen molar-refractivity contribution in [2.75, 3.05) is 11.9 Å². The average molecular weight is 566 g/mol. The minimum absolute atomic E-state index is 0.0510. The molecule has 0 aliphatic rings. The molecule has 36 heavy (non-hydrogen) atoms. The number of benzene rings is 3. The molecule has 5 nitrogen and oxygen atoms in total. The van der Waals surface area contributed by atoms with E-state index in [1.54, 1.807) is 37.3 Å². The zero-order chi connectivity index (χ0) is 26.1. The lowest BCUT2D eigenvalue weighted by Crippen LogP contribution is -2.14. The molecule has 0 aliphatic heterocycles. The lowest BCUT2D eigenvalue weighted by molar-refractivity contribution is -0.112. The first kappa shape index (κ1) is 27.1. The molecule has 0 aromatic heterocycles. The molecule has 3 aromatic carbocycles. The van der Waals surface area contributed by atoms with Gasteiger partial charge in [-0.1, -0.05) is 51.8 Å². The Morgan fingerprint density at radius 3 is 2.61 bits per heavy atom. The van der Waals surface area contributed by atoms with E-state index in [9.17, 15) is 10.1 Å². The first-order valence-electron chi connectivity index (χ1n) is 11.3. The molecule has 0 atom stereocenters. The summed E-state index contributed by atoms with van der Waals surface area (Å²) in [6, 6.07) is 18.7. The average Bonchev–Trinajstić information content (AvgIpc) is 2.86. The molecule has 0 saturated heterocycles. The van der Waals surface area contributed by atoms with Crippen LogP contribution in [0.3, 0.4) is 0 Å². The number of rotatable bonds is 10. The van der Waals surface area contributed by atoms with Gasteiger partial charge in [0, 0.05) is 20.7 Å². The van der Waals surface area contributed by atoms with Gasteiger partial charge >= 0.3 is 0 Å². The van der Waals surface area contributed by atoms with Crippen LogP contribution in [0.25, 0.3) is 6.08 Å². The van der Waals surface area contributed by atoms with E-state index < -0.39 is 5.91 Å². The quantitative estimate of drug-likeness (QED) is 0.156. The molecule has 3 aromatic rings. The highest BCUT2D eigenvalue weighted by Crippen LogP contribution is 2.35. The summed E-state index contributed by atoms with van der Waals surface area (Å²) in [6.45, 7) is 8.32. The fourth-order valence-corrected chi connectivity index (χ4v) is 3.92. The second-order valence-electron chi connectivity index (χ2n) is 7.88. The highest BCUT2D eigenvalue weighted by atomic mass is 79.9. The number of carbonyl (C=O) groups excluding carboxylic acids is 1. The van der Waals surface area contributed by atoms with E-state index in [1.807, 2.05) is 43.3 Å². The SMILES string of the molecule is C=CCc1cc(/C=C(/C#N)C(=O)Nc2cccc(Cl)c2C)cc(OCC)c1OCc1ccc(Br)cc1. The van der Waals surface area contributed by atoms with Crippen LogP contribution in [0.1, 0.15) is 29.2 Å². The number of amides is 1. The number of halogens is 2. The summed E-state index contributed by atoms with van der Waals surface area (Å²) < 4.78 is 13.0. The Balaban J connectivity index is 1.94. The topological polar surface area (TPSA) is 71.4 Å². The van der Waals surface area contributed by atoms with Crippen LogP contribution < -0.4 is 14.8 Å². The third-order valence-corrected chi connectivity index (χ3v) is 6.24. The molecule has 0 aliphatic carbocycles. The van der Waals surface area contributed by atoms with E-state index in [1.165, 1.54) is 6.08 Å². The maximum atomic E-state index is 12.9. The van der Waals surface area contributed by atoms with Crippen molar-refractivity contribution in [3.63, 3.8) is 0 Å². The Labute approximate surface area is 225 Å². The van der Waals surface area contributed by atoms with E-state index in [4.69, 9.17) is 21.1 Å². The smallest absolute Gasteiger partial charge is 0.266 e. The van der Waals surface area contributed by atoms with E-state index in [0.717, 1.165) is 21.2 Å². The molecule has 1 N–H and O–H groups in total. The van der Waals surface area contributed by atoms with Gasteiger partial charge in [-0.15, -0.1) is 6.58 Å². The van der Waals surface area contributed by atoms with Gasteiger partial charge in [-0.05, 0) is 79.4 Å². The zero-order valence-electron chi connectivity index (χ0n) is 20.1. The minimum Gasteiger partial charge on any atom is -0.490 e. The summed E-state index contributed by atoms with van der Waals surface area (Å²) in [4.78, 5) is 12.9. The molecule has 0 saturated carbocycles. The van der Waals surface area contributed by atoms with Crippen molar-refractivity contribution in [1.29, 1.82) is 5.26 Å². The first-order valence-corrected chi connectivity index (χ1v) is 12.5. The van der Waals surface area contributed by atoms with Crippen LogP contribution in [-0.4, -0.2) is 12.5 Å². The van der Waals surface area contributed by atoms with Crippen LogP contribution in [0.2, 0.25) is 5.02 Å². The third-order valence-electron chi connectivity index (χ3n) is 5.31. The fourth-order valence-electron chi connectivity index (χ4n) is 3.48. The van der Waals surface area contributed by atoms with Crippen LogP contribution in [0.4, 0.5) is 5.69 Å². The van der Waals surface area contributed by atoms with Crippen molar-refractivity contribution >= 4 is 45.2 Å². The van der Waals surface area contributed by atoms with Crippen LogP contribution >= 0.6 is 27.5 Å². The summed E-state index contributed by atoms with van der Waals surface area (Å²) in [6.07, 6.45) is 3.82. The lowest BCUT2D eigenvalue weighted by atomic mass is 10.0. The number of nitriles is 1. The van der Waals surface area contributed by atoms with Crippen LogP contribution in [0, 0.1) is 18.3 Å². The fraction of sp³-hybridized carbons (Fsp3) is 0.172. The summed E-state index contributed by atoms with van der Waals surface area (Å²) >= 11 is 9.59. The Kier molecular flexibility index (Phi) is 9.75. The molecule has 3 rings (SSSR count). The van der Waals surface area contributed by atoms with Gasteiger partial charge in [-0.3, -0.25) is 4.79 Å². The van der Waals surface area contributed by atoms with Crippen molar-refractivity contribution < 1.29 is 14.3 Å². The zero-order valence-corrected chi connectivity index (χ0v) is 22.4. The van der Waals surface area contributed by atoms with Gasteiger partial charge in [0.2, 0.25) is 0 Å². The summed E-state index contributed by atoms with van der Waals surface area (Å²) in [7, 11) is 0. The molecule has 0 heterocycles. The predicted octanol–water partition coefficient (Wildman–Crippen LogP) is 7.66. The highest BCUT2D eigenvalue weighted by Gasteiger charge is 2.16. The second kappa shape index (κ2) is 13.0. The van der Waals surface area contributed by atoms with Crippen molar-refractivity contribution in [2.24, 2.45) is 0 Å². The number of anilines is 1. The van der Waals surface area contributed by atoms with E-state index in [0.29, 0.717) is 47.4 Å². The Morgan fingerprint density at radius 2 is 1.94 bits per heavy atom. The molecule has 184 valence electrons. The molecule has 0 unspecified atom stereocenters. The predicted molar refractivity (Wildman–Crippen MR) is 148 cm³/mol. The lowest BCUT2D eigenvalue weighted by Gasteiger charge is -2.17. The number of nitrogens with one attached hydrogen (secondary N) is 1. The van der Waals surface area contributed by atoms with Crippen LogP contribution in [0.15, 0.2) is 77.3 Å². The van der Waals surface area contributed by atoms with Crippen LogP contribution in [-0.2, 0) is 17.8 Å². The van der Waals surface area contributed by atoms with Crippen molar-refractivity contribution in [1.82, 2.24) is 0 Å². The van der Waals surface area contributed by atoms with Crippen molar-refractivity contribution in [2.45, 2.75) is 26.9 Å². The number of carbonyl (C=O) groups is 1. The van der Waals surface area contributed by atoms with Gasteiger partial charge in [-0.25, -0.2) is 0 Å². The second-order valence-corrected chi connectivity index (χ2v) is 9.21. The van der Waals surface area contributed by atoms with Gasteiger partial charge < -0.3 is 14.8 Å². The van der Waals surface area contributed by atoms with Crippen LogP contribution in [0.5, 0.6) is 11.5 Å². The Hall–Kier alpha value is -3.53. The van der Waals surface area contributed by atoms with Gasteiger partial charge in [-0.2, -0.15) is 5.26 Å². The number of nitrogens with zero attached hydrogens (tertiary/aromatic N) is 1. The molecular weight excluding hydrogens is 540 g/mol. The standard InChI is InChI=1S/C29H26BrClN2O3/c1-4-7-22-14-21(15-23(17-32)29(34)33-26-9-6-8-25(31)19(26)3)16-27(35-5-2)28(22)36-18-20-10-12-24(30)13-11-20/h4,6,8-16H,1,5,7,18H2,2-3H3,(H,33,34)/b23-15-. The molecule has 0 bridgehead atoms. The highest BCUT2D eigenvalue weighted by molar-refractivity contribution is 9.10. The largest absolute Gasteiger partial charge is 0.490 e. The number of hydrogen-bond donors (Lipinski definition) is 1. The van der Waals surface area contributed by atoms with Gasteiger partial charge in [0.15, 0.2) is 11.5 Å². The minimum atomic E-state index is -0.526. The summed E-state index contributed by atoms with van der Waals surface area (Å²) in [5.74, 6) is 0.611. The van der Waals surface area contributed by atoms with E-state index >= 15 is 0 Å². The third kappa shape index (κ3) is 7.00. The molecule has 0 radical (unpaired) electrons. The first-order chi connectivity index (χ1) is 17.4. The molecule has 7 heteroatoms. The number of allylic oxidation sites excluding steroid dienone is 1. The number of hydrogen-bond acceptors (Lipinski definition) is 4. The Bertz CT molecular complexity index is 1330. The maximum Gasteiger partial charge on any atom is 0.266 e. The number of ether oxygens (including phenoxy) is 2. The normalized spacial score (nSPS) is 10.9. The summed E-state index contributed by atoms with van der Waals surface area (Å²) in [5.41, 5.74) is 3.71. The molecular formula is C29H26BrClN2O3. The van der Waals surface area contributed by atoms with Gasteiger partial charge in [0.1, 0.15) is 18.2 Å².